The van der Waals surface area contributed by atoms with Crippen LogP contribution in [-0.2, 0) is 6.42 Å². The largest absolute Gasteiger partial charge is 0.269 e. The second kappa shape index (κ2) is 6.44. The first-order valence-electron chi connectivity index (χ1n) is 8.39. The van der Waals surface area contributed by atoms with Crippen LogP contribution in [0.3, 0.4) is 0 Å². The highest BCUT2D eigenvalue weighted by atomic mass is 16.6. The molecule has 3 aromatic carbocycles. The molecule has 0 saturated heterocycles. The van der Waals surface area contributed by atoms with Gasteiger partial charge in [-0.1, -0.05) is 48.0 Å². The molecule has 1 heterocycles. The molecule has 1 aliphatic heterocycles. The summed E-state index contributed by atoms with van der Waals surface area (Å²) in [5.41, 5.74) is 6.31. The van der Waals surface area contributed by atoms with Crippen molar-refractivity contribution in [1.82, 2.24) is 0 Å². The smallest absolute Gasteiger partial charge is 0.258 e. The third-order valence-electron chi connectivity index (χ3n) is 4.49. The molecule has 0 spiro atoms. The quantitative estimate of drug-likeness (QED) is 0.496. The molecular weight excluding hydrogens is 326 g/mol. The van der Waals surface area contributed by atoms with Crippen molar-refractivity contribution in [3.05, 3.63) is 99.6 Å². The Balaban J connectivity index is 1.79. The van der Waals surface area contributed by atoms with Crippen molar-refractivity contribution in [3.8, 4) is 0 Å². The summed E-state index contributed by atoms with van der Waals surface area (Å²) in [5, 5.41) is 17.6. The van der Waals surface area contributed by atoms with Gasteiger partial charge in [-0.25, -0.2) is 5.01 Å². The predicted molar refractivity (Wildman–Crippen MR) is 103 cm³/mol. The van der Waals surface area contributed by atoms with E-state index in [1.165, 1.54) is 23.3 Å². The highest BCUT2D eigenvalue weighted by molar-refractivity contribution is 6.05. The van der Waals surface area contributed by atoms with Crippen LogP contribution in [0.5, 0.6) is 0 Å². The van der Waals surface area contributed by atoms with E-state index in [0.717, 1.165) is 29.1 Å². The minimum absolute atomic E-state index is 0.0711. The van der Waals surface area contributed by atoms with E-state index in [-0.39, 0.29) is 5.69 Å². The van der Waals surface area contributed by atoms with Gasteiger partial charge in [0.05, 0.1) is 22.0 Å². The van der Waals surface area contributed by atoms with E-state index in [0.29, 0.717) is 0 Å². The zero-order valence-electron chi connectivity index (χ0n) is 14.3. The molecule has 0 fully saturated rings. The number of rotatable bonds is 3. The van der Waals surface area contributed by atoms with Gasteiger partial charge in [-0.3, -0.25) is 10.1 Å². The molecule has 4 rings (SSSR count). The molecule has 0 N–H and O–H groups in total. The van der Waals surface area contributed by atoms with E-state index < -0.39 is 4.92 Å². The number of benzene rings is 3. The molecule has 1 aliphatic rings. The van der Waals surface area contributed by atoms with Gasteiger partial charge in [0.25, 0.3) is 5.69 Å². The maximum absolute atomic E-state index is 10.9. The number of para-hydroxylation sites is 1. The molecular formula is C21H17N3O2. The van der Waals surface area contributed by atoms with Crippen LogP contribution in [0.25, 0.3) is 0 Å². The van der Waals surface area contributed by atoms with Crippen molar-refractivity contribution in [1.29, 1.82) is 0 Å². The number of non-ortho nitro benzene ring substituents is 1. The Morgan fingerprint density at radius 2 is 1.65 bits per heavy atom. The molecule has 5 nitrogen and oxygen atoms in total. The van der Waals surface area contributed by atoms with Gasteiger partial charge in [-0.05, 0) is 36.2 Å². The summed E-state index contributed by atoms with van der Waals surface area (Å²) >= 11 is 0. The molecule has 0 unspecified atom stereocenters. The Labute approximate surface area is 151 Å². The van der Waals surface area contributed by atoms with Crippen LogP contribution in [-0.4, -0.2) is 10.6 Å². The standard InChI is InChI=1S/C21H17N3O2/c1-15-6-8-16(9-7-15)20-14-17-4-2-3-5-21(17)23(22-20)18-10-12-19(13-11-18)24(25)26/h2-13H,14H2,1H3. The Kier molecular flexibility index (Phi) is 3.97. The lowest BCUT2D eigenvalue weighted by Gasteiger charge is -2.28. The normalized spacial score (nSPS) is 13.1. The van der Waals surface area contributed by atoms with Crippen LogP contribution < -0.4 is 5.01 Å². The van der Waals surface area contributed by atoms with E-state index in [1.807, 2.05) is 23.2 Å². The lowest BCUT2D eigenvalue weighted by atomic mass is 9.98. The molecule has 26 heavy (non-hydrogen) atoms. The lowest BCUT2D eigenvalue weighted by molar-refractivity contribution is -0.384. The lowest BCUT2D eigenvalue weighted by Crippen LogP contribution is -2.22. The van der Waals surface area contributed by atoms with Gasteiger partial charge in [0.15, 0.2) is 0 Å². The first-order valence-corrected chi connectivity index (χ1v) is 8.39. The van der Waals surface area contributed by atoms with Crippen LogP contribution >= 0.6 is 0 Å². The van der Waals surface area contributed by atoms with Crippen molar-refractivity contribution in [2.75, 3.05) is 5.01 Å². The summed E-state index contributed by atoms with van der Waals surface area (Å²) < 4.78 is 0. The highest BCUT2D eigenvalue weighted by Gasteiger charge is 2.21. The monoisotopic (exact) mass is 343 g/mol. The Bertz CT molecular complexity index is 993. The number of hydrogen-bond acceptors (Lipinski definition) is 4. The number of anilines is 2. The van der Waals surface area contributed by atoms with E-state index in [9.17, 15) is 10.1 Å². The molecule has 0 aromatic heterocycles. The Morgan fingerprint density at radius 3 is 2.35 bits per heavy atom. The van der Waals surface area contributed by atoms with Crippen LogP contribution in [0, 0.1) is 17.0 Å². The molecule has 0 bridgehead atoms. The third kappa shape index (κ3) is 2.95. The second-order valence-electron chi connectivity index (χ2n) is 6.30. The average Bonchev–Trinajstić information content (AvgIpc) is 2.68. The van der Waals surface area contributed by atoms with Crippen molar-refractivity contribution in [2.24, 2.45) is 5.10 Å². The maximum Gasteiger partial charge on any atom is 0.269 e. The van der Waals surface area contributed by atoms with Gasteiger partial charge in [-0.2, -0.15) is 5.10 Å². The molecule has 5 heteroatoms. The molecule has 3 aromatic rings. The van der Waals surface area contributed by atoms with E-state index in [1.54, 1.807) is 12.1 Å². The number of nitro groups is 1. The number of aryl methyl sites for hydroxylation is 1. The van der Waals surface area contributed by atoms with Crippen molar-refractivity contribution in [3.63, 3.8) is 0 Å². The third-order valence-corrected chi connectivity index (χ3v) is 4.49. The molecule has 0 aliphatic carbocycles. The van der Waals surface area contributed by atoms with Gasteiger partial charge in [0.1, 0.15) is 0 Å². The summed E-state index contributed by atoms with van der Waals surface area (Å²) in [5.74, 6) is 0. The Hall–Kier alpha value is -3.47. The number of nitrogens with zero attached hydrogens (tertiary/aromatic N) is 3. The molecule has 0 atom stereocenters. The van der Waals surface area contributed by atoms with Gasteiger partial charge >= 0.3 is 0 Å². The van der Waals surface area contributed by atoms with Crippen molar-refractivity contribution < 1.29 is 4.92 Å². The number of hydrazone groups is 1. The van der Waals surface area contributed by atoms with E-state index >= 15 is 0 Å². The van der Waals surface area contributed by atoms with Crippen LogP contribution in [0.15, 0.2) is 77.9 Å². The van der Waals surface area contributed by atoms with E-state index in [2.05, 4.69) is 37.3 Å². The van der Waals surface area contributed by atoms with Crippen LogP contribution in [0.1, 0.15) is 16.7 Å². The molecule has 128 valence electrons. The van der Waals surface area contributed by atoms with Gasteiger partial charge in [0, 0.05) is 18.6 Å². The summed E-state index contributed by atoms with van der Waals surface area (Å²) in [4.78, 5) is 10.5. The van der Waals surface area contributed by atoms with Crippen molar-refractivity contribution >= 4 is 22.8 Å². The molecule has 0 amide bonds. The van der Waals surface area contributed by atoms with Crippen LogP contribution in [0.2, 0.25) is 0 Å². The molecule has 0 saturated carbocycles. The van der Waals surface area contributed by atoms with Gasteiger partial charge in [0.2, 0.25) is 0 Å². The zero-order valence-corrected chi connectivity index (χ0v) is 14.3. The number of fused-ring (bicyclic) bond motifs is 1. The fourth-order valence-corrected chi connectivity index (χ4v) is 3.08. The summed E-state index contributed by atoms with van der Waals surface area (Å²) in [6, 6.07) is 22.9. The minimum atomic E-state index is -0.394. The van der Waals surface area contributed by atoms with Gasteiger partial charge in [-0.15, -0.1) is 0 Å². The first-order chi connectivity index (χ1) is 12.6. The Morgan fingerprint density at radius 1 is 0.962 bits per heavy atom. The summed E-state index contributed by atoms with van der Waals surface area (Å²) in [6.07, 6.45) is 0.753. The number of hydrogen-bond donors (Lipinski definition) is 0. The van der Waals surface area contributed by atoms with Crippen molar-refractivity contribution in [2.45, 2.75) is 13.3 Å². The topological polar surface area (TPSA) is 58.7 Å². The summed E-state index contributed by atoms with van der Waals surface area (Å²) in [7, 11) is 0. The maximum atomic E-state index is 10.9. The summed E-state index contributed by atoms with van der Waals surface area (Å²) in [6.45, 7) is 2.06. The fraction of sp³-hybridized carbons (Fsp3) is 0.0952. The highest BCUT2D eigenvalue weighted by Crippen LogP contribution is 2.34. The first kappa shape index (κ1) is 16.0. The second-order valence-corrected chi connectivity index (χ2v) is 6.30. The van der Waals surface area contributed by atoms with Gasteiger partial charge < -0.3 is 0 Å². The minimum Gasteiger partial charge on any atom is -0.258 e. The average molecular weight is 343 g/mol. The van der Waals surface area contributed by atoms with Crippen LogP contribution in [0.4, 0.5) is 17.1 Å². The molecule has 0 radical (unpaired) electrons. The number of nitro benzene ring substituents is 1. The zero-order chi connectivity index (χ0) is 18.1. The van der Waals surface area contributed by atoms with E-state index in [4.69, 9.17) is 5.10 Å². The predicted octanol–water partition coefficient (Wildman–Crippen LogP) is 5.00. The fourth-order valence-electron chi connectivity index (χ4n) is 3.08. The SMILES string of the molecule is Cc1ccc(C2=NN(c3ccc([N+](=O)[O-])cc3)c3ccccc3C2)cc1.